The molecule has 1 atom stereocenters. The van der Waals surface area contributed by atoms with Crippen LogP contribution in [0.4, 0.5) is 4.79 Å². The molecule has 0 unspecified atom stereocenters. The number of likely N-dealkylation sites (N-methyl/N-ethyl adjacent to an activating group) is 1. The molecule has 9 heteroatoms. The lowest BCUT2D eigenvalue weighted by Crippen LogP contribution is -2.44. The molecule has 0 bridgehead atoms. The summed E-state index contributed by atoms with van der Waals surface area (Å²) in [7, 11) is -2.26. The van der Waals surface area contributed by atoms with Crippen LogP contribution in [-0.4, -0.2) is 67.6 Å². The van der Waals surface area contributed by atoms with Gasteiger partial charge in [0.05, 0.1) is 11.8 Å². The van der Waals surface area contributed by atoms with Crippen molar-refractivity contribution in [3.05, 3.63) is 35.9 Å². The van der Waals surface area contributed by atoms with Gasteiger partial charge in [-0.3, -0.25) is 4.79 Å². The minimum atomic E-state index is -3.66. The molecule has 8 nitrogen and oxygen atoms in total. The van der Waals surface area contributed by atoms with Crippen LogP contribution >= 0.6 is 0 Å². The maximum Gasteiger partial charge on any atom is 0.410 e. The fourth-order valence-electron chi connectivity index (χ4n) is 3.00. The predicted molar refractivity (Wildman–Crippen MR) is 99.3 cm³/mol. The van der Waals surface area contributed by atoms with E-state index in [1.165, 1.54) is 11.9 Å². The van der Waals surface area contributed by atoms with Crippen LogP contribution in [-0.2, 0) is 26.2 Å². The standard InChI is InChI=1S/C18H25N3O5S/c1-20(12-17(22)19-15-7-8-15)27(24,25)16-9-10-21(11-16)18(23)26-13-14-5-3-2-4-6-14/h2-6,15-16H,7-13H2,1H3,(H,19,22)/t16-/m1/s1. The van der Waals surface area contributed by atoms with Gasteiger partial charge in [0.25, 0.3) is 0 Å². The molecule has 3 rings (SSSR count). The van der Waals surface area contributed by atoms with Crippen molar-refractivity contribution in [3.63, 3.8) is 0 Å². The zero-order valence-corrected chi connectivity index (χ0v) is 16.2. The Morgan fingerprint density at radius 2 is 1.93 bits per heavy atom. The van der Waals surface area contributed by atoms with Crippen molar-refractivity contribution >= 4 is 22.0 Å². The highest BCUT2D eigenvalue weighted by molar-refractivity contribution is 7.89. The fraction of sp³-hybridized carbons (Fsp3) is 0.556. The first-order chi connectivity index (χ1) is 12.9. The Morgan fingerprint density at radius 3 is 2.59 bits per heavy atom. The number of amides is 2. The van der Waals surface area contributed by atoms with E-state index in [1.807, 2.05) is 30.3 Å². The SMILES string of the molecule is CN(CC(=O)NC1CC1)S(=O)(=O)[C@@H]1CCN(C(=O)OCc2ccccc2)C1. The Balaban J connectivity index is 1.49. The third-order valence-corrected chi connectivity index (χ3v) is 7.00. The van der Waals surface area contributed by atoms with Gasteiger partial charge in [-0.2, -0.15) is 4.31 Å². The number of ether oxygens (including phenoxy) is 1. The molecule has 148 valence electrons. The molecule has 1 saturated carbocycles. The lowest BCUT2D eigenvalue weighted by molar-refractivity contribution is -0.121. The summed E-state index contributed by atoms with van der Waals surface area (Å²) in [4.78, 5) is 25.5. The molecule has 0 spiro atoms. The van der Waals surface area contributed by atoms with E-state index < -0.39 is 21.4 Å². The van der Waals surface area contributed by atoms with E-state index in [9.17, 15) is 18.0 Å². The van der Waals surface area contributed by atoms with Crippen LogP contribution in [0.1, 0.15) is 24.8 Å². The number of rotatable bonds is 7. The zero-order valence-electron chi connectivity index (χ0n) is 15.3. The van der Waals surface area contributed by atoms with Gasteiger partial charge in [0, 0.05) is 26.2 Å². The summed E-state index contributed by atoms with van der Waals surface area (Å²) >= 11 is 0. The minimum Gasteiger partial charge on any atom is -0.445 e. The van der Waals surface area contributed by atoms with Crippen LogP contribution < -0.4 is 5.32 Å². The molecule has 2 aliphatic rings. The van der Waals surface area contributed by atoms with Gasteiger partial charge in [-0.1, -0.05) is 30.3 Å². The van der Waals surface area contributed by atoms with Crippen LogP contribution in [0.2, 0.25) is 0 Å². The Labute approximate surface area is 159 Å². The van der Waals surface area contributed by atoms with Gasteiger partial charge in [-0.05, 0) is 24.8 Å². The molecule has 2 fully saturated rings. The number of hydrogen-bond donors (Lipinski definition) is 1. The van der Waals surface area contributed by atoms with Crippen molar-refractivity contribution in [1.82, 2.24) is 14.5 Å². The maximum atomic E-state index is 12.7. The average Bonchev–Trinajstić information content (AvgIpc) is 3.30. The third-order valence-electron chi connectivity index (χ3n) is 4.77. The van der Waals surface area contributed by atoms with Crippen molar-refractivity contribution in [1.29, 1.82) is 0 Å². The van der Waals surface area contributed by atoms with Gasteiger partial charge in [0.1, 0.15) is 6.61 Å². The quantitative estimate of drug-likeness (QED) is 0.741. The summed E-state index contributed by atoms with van der Waals surface area (Å²) in [5.74, 6) is -0.291. The molecule has 0 radical (unpaired) electrons. The van der Waals surface area contributed by atoms with Crippen LogP contribution in [0, 0.1) is 0 Å². The van der Waals surface area contributed by atoms with Gasteiger partial charge in [0.15, 0.2) is 0 Å². The average molecular weight is 395 g/mol. The highest BCUT2D eigenvalue weighted by Crippen LogP contribution is 2.21. The van der Waals surface area contributed by atoms with Gasteiger partial charge in [0.2, 0.25) is 15.9 Å². The van der Waals surface area contributed by atoms with E-state index >= 15 is 0 Å². The summed E-state index contributed by atoms with van der Waals surface area (Å²) in [6, 6.07) is 9.49. The summed E-state index contributed by atoms with van der Waals surface area (Å²) in [5.41, 5.74) is 0.871. The van der Waals surface area contributed by atoms with E-state index in [1.54, 1.807) is 0 Å². The van der Waals surface area contributed by atoms with E-state index in [2.05, 4.69) is 5.32 Å². The lowest BCUT2D eigenvalue weighted by Gasteiger charge is -2.21. The second-order valence-electron chi connectivity index (χ2n) is 7.04. The summed E-state index contributed by atoms with van der Waals surface area (Å²) in [5, 5.41) is 2.06. The molecule has 1 aromatic rings. The van der Waals surface area contributed by atoms with E-state index in [-0.39, 0.29) is 31.6 Å². The topological polar surface area (TPSA) is 96.0 Å². The number of benzene rings is 1. The number of nitrogens with zero attached hydrogens (tertiary/aromatic N) is 2. The lowest BCUT2D eigenvalue weighted by atomic mass is 10.2. The first-order valence-electron chi connectivity index (χ1n) is 9.06. The summed E-state index contributed by atoms with van der Waals surface area (Å²) in [6.07, 6.45) is 1.71. The molecule has 1 N–H and O–H groups in total. The van der Waals surface area contributed by atoms with Gasteiger partial charge in [-0.15, -0.1) is 0 Å². The zero-order chi connectivity index (χ0) is 19.4. The van der Waals surface area contributed by atoms with Crippen LogP contribution in [0.5, 0.6) is 0 Å². The molecule has 0 aromatic heterocycles. The number of sulfonamides is 1. The molecule has 27 heavy (non-hydrogen) atoms. The van der Waals surface area contributed by atoms with E-state index in [4.69, 9.17) is 4.74 Å². The molecule has 1 aliphatic heterocycles. The third kappa shape index (κ3) is 5.20. The second-order valence-corrected chi connectivity index (χ2v) is 9.36. The Hall–Kier alpha value is -2.13. The summed E-state index contributed by atoms with van der Waals surface area (Å²) < 4.78 is 31.7. The van der Waals surface area contributed by atoms with Gasteiger partial charge in [-0.25, -0.2) is 13.2 Å². The minimum absolute atomic E-state index is 0.0739. The number of carbonyl (C=O) groups is 2. The maximum absolute atomic E-state index is 12.7. The Morgan fingerprint density at radius 1 is 1.22 bits per heavy atom. The highest BCUT2D eigenvalue weighted by Gasteiger charge is 2.38. The number of likely N-dealkylation sites (tertiary alicyclic amines) is 1. The Kier molecular flexibility index (Phi) is 6.01. The molecular formula is C18H25N3O5S. The number of carbonyl (C=O) groups excluding carboxylic acids is 2. The van der Waals surface area contributed by atoms with Crippen molar-refractivity contribution in [3.8, 4) is 0 Å². The molecule has 1 aromatic carbocycles. The smallest absolute Gasteiger partial charge is 0.410 e. The molecule has 1 aliphatic carbocycles. The molecule has 1 saturated heterocycles. The number of nitrogens with one attached hydrogen (secondary N) is 1. The largest absolute Gasteiger partial charge is 0.445 e. The molecule has 1 heterocycles. The van der Waals surface area contributed by atoms with E-state index in [0.29, 0.717) is 13.0 Å². The first kappa shape index (κ1) is 19.6. The molecule has 2 amide bonds. The molecular weight excluding hydrogens is 370 g/mol. The van der Waals surface area contributed by atoms with Crippen molar-refractivity contribution in [2.24, 2.45) is 0 Å². The van der Waals surface area contributed by atoms with E-state index in [0.717, 1.165) is 22.7 Å². The van der Waals surface area contributed by atoms with Crippen LogP contribution in [0.15, 0.2) is 30.3 Å². The summed E-state index contributed by atoms with van der Waals surface area (Å²) in [6.45, 7) is 0.340. The van der Waals surface area contributed by atoms with Crippen molar-refractivity contribution < 1.29 is 22.7 Å². The van der Waals surface area contributed by atoms with Crippen molar-refractivity contribution in [2.45, 2.75) is 37.2 Å². The normalized spacial score (nSPS) is 19.9. The number of hydrogen-bond acceptors (Lipinski definition) is 5. The monoisotopic (exact) mass is 395 g/mol. The van der Waals surface area contributed by atoms with Crippen LogP contribution in [0.25, 0.3) is 0 Å². The van der Waals surface area contributed by atoms with Gasteiger partial charge >= 0.3 is 6.09 Å². The first-order valence-corrected chi connectivity index (χ1v) is 10.6. The predicted octanol–water partition coefficient (Wildman–Crippen LogP) is 0.938. The highest BCUT2D eigenvalue weighted by atomic mass is 32.2. The van der Waals surface area contributed by atoms with Crippen LogP contribution in [0.3, 0.4) is 0 Å². The Bertz CT molecular complexity index is 779. The fourth-order valence-corrected chi connectivity index (χ4v) is 4.57. The van der Waals surface area contributed by atoms with Gasteiger partial charge < -0.3 is 15.0 Å². The van der Waals surface area contributed by atoms with Crippen molar-refractivity contribution in [2.75, 3.05) is 26.7 Å². The second kappa shape index (κ2) is 8.26.